The van der Waals surface area contributed by atoms with Gasteiger partial charge in [0.2, 0.25) is 0 Å². The highest BCUT2D eigenvalue weighted by atomic mass is 16.6. The standard InChI is InChI=1S/C24H34N2O2/c1-24(2,3)28-23(27)26-18-11-10-17-25-19-16-22(20-12-6-4-7-13-20)21-14-8-5-9-15-21/h4-9,12-15,22,25H,10-11,16-19H2,1-3H3,(H,26,27). The smallest absolute Gasteiger partial charge is 0.407 e. The third-order valence-corrected chi connectivity index (χ3v) is 4.46. The molecule has 0 aliphatic rings. The second-order valence-electron chi connectivity index (χ2n) is 8.05. The predicted octanol–water partition coefficient (Wildman–Crippen LogP) is 5.10. The Kier molecular flexibility index (Phi) is 9.02. The molecule has 0 saturated heterocycles. The third kappa shape index (κ3) is 8.57. The van der Waals surface area contributed by atoms with Crippen LogP contribution in [-0.4, -0.2) is 31.3 Å². The quantitative estimate of drug-likeness (QED) is 0.562. The summed E-state index contributed by atoms with van der Waals surface area (Å²) >= 11 is 0. The molecule has 0 aromatic heterocycles. The largest absolute Gasteiger partial charge is 0.444 e. The molecule has 0 saturated carbocycles. The van der Waals surface area contributed by atoms with Gasteiger partial charge in [0.1, 0.15) is 5.60 Å². The lowest BCUT2D eigenvalue weighted by Crippen LogP contribution is -2.33. The molecule has 0 heterocycles. The Balaban J connectivity index is 1.66. The number of nitrogens with one attached hydrogen (secondary N) is 2. The van der Waals surface area contributed by atoms with Gasteiger partial charge in [-0.2, -0.15) is 0 Å². The summed E-state index contributed by atoms with van der Waals surface area (Å²) in [4.78, 5) is 11.6. The zero-order valence-electron chi connectivity index (χ0n) is 17.4. The fourth-order valence-electron chi connectivity index (χ4n) is 3.15. The number of hydrogen-bond acceptors (Lipinski definition) is 3. The van der Waals surface area contributed by atoms with Crippen molar-refractivity contribution < 1.29 is 9.53 Å². The Hall–Kier alpha value is -2.33. The zero-order chi connectivity index (χ0) is 20.2. The summed E-state index contributed by atoms with van der Waals surface area (Å²) in [6.07, 6.45) is 2.68. The van der Waals surface area contributed by atoms with Gasteiger partial charge in [-0.1, -0.05) is 60.7 Å². The molecular formula is C24H34N2O2. The van der Waals surface area contributed by atoms with E-state index in [0.29, 0.717) is 12.5 Å². The van der Waals surface area contributed by atoms with E-state index in [9.17, 15) is 4.79 Å². The summed E-state index contributed by atoms with van der Waals surface area (Å²) < 4.78 is 5.23. The average molecular weight is 383 g/mol. The zero-order valence-corrected chi connectivity index (χ0v) is 17.4. The second kappa shape index (κ2) is 11.5. The van der Waals surface area contributed by atoms with Crippen molar-refractivity contribution in [2.45, 2.75) is 51.6 Å². The van der Waals surface area contributed by atoms with Crippen LogP contribution in [0.4, 0.5) is 4.79 Å². The van der Waals surface area contributed by atoms with Crippen molar-refractivity contribution in [3.05, 3.63) is 71.8 Å². The Morgan fingerprint density at radius 2 is 1.39 bits per heavy atom. The van der Waals surface area contributed by atoms with Crippen LogP contribution in [0.15, 0.2) is 60.7 Å². The molecule has 0 radical (unpaired) electrons. The van der Waals surface area contributed by atoms with Crippen molar-refractivity contribution in [2.75, 3.05) is 19.6 Å². The maximum atomic E-state index is 11.6. The molecule has 0 unspecified atom stereocenters. The van der Waals surface area contributed by atoms with Gasteiger partial charge in [-0.05, 0) is 64.3 Å². The van der Waals surface area contributed by atoms with Gasteiger partial charge in [0.05, 0.1) is 0 Å². The van der Waals surface area contributed by atoms with Crippen molar-refractivity contribution in [3.8, 4) is 0 Å². The lowest BCUT2D eigenvalue weighted by atomic mass is 9.88. The Labute approximate surface area is 169 Å². The van der Waals surface area contributed by atoms with Crippen LogP contribution in [0.5, 0.6) is 0 Å². The van der Waals surface area contributed by atoms with Crippen LogP contribution < -0.4 is 10.6 Å². The van der Waals surface area contributed by atoms with E-state index < -0.39 is 5.60 Å². The van der Waals surface area contributed by atoms with Gasteiger partial charge in [0.25, 0.3) is 0 Å². The number of rotatable bonds is 10. The number of benzene rings is 2. The fraction of sp³-hybridized carbons (Fsp3) is 0.458. The minimum atomic E-state index is -0.445. The number of alkyl carbamates (subject to hydrolysis) is 1. The highest BCUT2D eigenvalue weighted by Gasteiger charge is 2.15. The van der Waals surface area contributed by atoms with Gasteiger partial charge in [-0.3, -0.25) is 0 Å². The van der Waals surface area contributed by atoms with Crippen LogP contribution in [0.2, 0.25) is 0 Å². The summed E-state index contributed by atoms with van der Waals surface area (Å²) in [6.45, 7) is 8.17. The number of ether oxygens (including phenoxy) is 1. The molecule has 0 aliphatic heterocycles. The molecule has 2 aromatic carbocycles. The normalized spacial score (nSPS) is 11.4. The SMILES string of the molecule is CC(C)(C)OC(=O)NCCCCNCCC(c1ccccc1)c1ccccc1. The lowest BCUT2D eigenvalue weighted by molar-refractivity contribution is 0.0527. The first-order valence-corrected chi connectivity index (χ1v) is 10.2. The molecule has 0 fully saturated rings. The van der Waals surface area contributed by atoms with Gasteiger partial charge >= 0.3 is 6.09 Å². The van der Waals surface area contributed by atoms with Gasteiger partial charge in [0, 0.05) is 12.5 Å². The number of amides is 1. The molecule has 0 atom stereocenters. The van der Waals surface area contributed by atoms with Crippen LogP contribution in [-0.2, 0) is 4.74 Å². The highest BCUT2D eigenvalue weighted by molar-refractivity contribution is 5.67. The topological polar surface area (TPSA) is 50.4 Å². The summed E-state index contributed by atoms with van der Waals surface area (Å²) in [7, 11) is 0. The van der Waals surface area contributed by atoms with Gasteiger partial charge < -0.3 is 15.4 Å². The van der Waals surface area contributed by atoms with Crippen molar-refractivity contribution in [3.63, 3.8) is 0 Å². The minimum absolute atomic E-state index is 0.339. The molecule has 4 heteroatoms. The van der Waals surface area contributed by atoms with E-state index in [1.54, 1.807) is 0 Å². The molecule has 152 valence electrons. The molecule has 4 nitrogen and oxygen atoms in total. The molecule has 28 heavy (non-hydrogen) atoms. The molecule has 2 rings (SSSR count). The van der Waals surface area contributed by atoms with Gasteiger partial charge in [-0.25, -0.2) is 4.79 Å². The van der Waals surface area contributed by atoms with Crippen LogP contribution in [0, 0.1) is 0 Å². The van der Waals surface area contributed by atoms with E-state index in [-0.39, 0.29) is 6.09 Å². The molecule has 0 aliphatic carbocycles. The molecule has 2 N–H and O–H groups in total. The van der Waals surface area contributed by atoms with E-state index in [0.717, 1.165) is 32.4 Å². The Bertz CT molecular complexity index is 641. The van der Waals surface area contributed by atoms with Crippen LogP contribution in [0.25, 0.3) is 0 Å². The first-order chi connectivity index (χ1) is 13.5. The van der Waals surface area contributed by atoms with Crippen molar-refractivity contribution in [1.29, 1.82) is 0 Å². The van der Waals surface area contributed by atoms with Crippen LogP contribution >= 0.6 is 0 Å². The third-order valence-electron chi connectivity index (χ3n) is 4.46. The monoisotopic (exact) mass is 382 g/mol. The lowest BCUT2D eigenvalue weighted by Gasteiger charge is -2.19. The Morgan fingerprint density at radius 1 is 0.857 bits per heavy atom. The first-order valence-electron chi connectivity index (χ1n) is 10.2. The number of carbonyl (C=O) groups is 1. The van der Waals surface area contributed by atoms with Crippen LogP contribution in [0.1, 0.15) is 57.1 Å². The highest BCUT2D eigenvalue weighted by Crippen LogP contribution is 2.27. The molecule has 1 amide bonds. The summed E-state index contributed by atoms with van der Waals surface area (Å²) in [5.41, 5.74) is 2.27. The maximum absolute atomic E-state index is 11.6. The summed E-state index contributed by atoms with van der Waals surface area (Å²) in [6, 6.07) is 21.4. The fourth-order valence-corrected chi connectivity index (χ4v) is 3.15. The minimum Gasteiger partial charge on any atom is -0.444 e. The molecule has 0 bridgehead atoms. The van der Waals surface area contributed by atoms with Gasteiger partial charge in [-0.15, -0.1) is 0 Å². The van der Waals surface area contributed by atoms with E-state index in [2.05, 4.69) is 71.3 Å². The van der Waals surface area contributed by atoms with E-state index in [1.807, 2.05) is 20.8 Å². The maximum Gasteiger partial charge on any atom is 0.407 e. The number of hydrogen-bond donors (Lipinski definition) is 2. The van der Waals surface area contributed by atoms with Crippen molar-refractivity contribution in [2.24, 2.45) is 0 Å². The summed E-state index contributed by atoms with van der Waals surface area (Å²) in [5.74, 6) is 0.406. The van der Waals surface area contributed by atoms with Crippen LogP contribution in [0.3, 0.4) is 0 Å². The van der Waals surface area contributed by atoms with Gasteiger partial charge in [0.15, 0.2) is 0 Å². The summed E-state index contributed by atoms with van der Waals surface area (Å²) in [5, 5.41) is 6.34. The first kappa shape index (κ1) is 22.0. The van der Waals surface area contributed by atoms with Crippen molar-refractivity contribution in [1.82, 2.24) is 10.6 Å². The number of unbranched alkanes of at least 4 members (excludes halogenated alkanes) is 1. The number of carbonyl (C=O) groups excluding carboxylic acids is 1. The predicted molar refractivity (Wildman–Crippen MR) is 116 cm³/mol. The molecule has 0 spiro atoms. The average Bonchev–Trinajstić information content (AvgIpc) is 2.67. The van der Waals surface area contributed by atoms with E-state index >= 15 is 0 Å². The van der Waals surface area contributed by atoms with E-state index in [1.165, 1.54) is 11.1 Å². The Morgan fingerprint density at radius 3 is 1.93 bits per heavy atom. The van der Waals surface area contributed by atoms with Crippen molar-refractivity contribution >= 4 is 6.09 Å². The van der Waals surface area contributed by atoms with E-state index in [4.69, 9.17) is 4.74 Å². The second-order valence-corrected chi connectivity index (χ2v) is 8.05. The molecular weight excluding hydrogens is 348 g/mol. The molecule has 2 aromatic rings.